The number of likely N-dealkylation sites (tertiary alicyclic amines) is 1. The Morgan fingerprint density at radius 3 is 2.47 bits per heavy atom. The van der Waals surface area contributed by atoms with Crippen LogP contribution in [-0.4, -0.2) is 30.5 Å². The lowest BCUT2D eigenvalue weighted by atomic mass is 9.99. The van der Waals surface area contributed by atoms with Crippen LogP contribution in [0.3, 0.4) is 0 Å². The Hall–Kier alpha value is -0.930. The minimum atomic E-state index is 0.774. The third-order valence-electron chi connectivity index (χ3n) is 2.66. The molecule has 0 aliphatic carbocycles. The van der Waals surface area contributed by atoms with Gasteiger partial charge in [-0.3, -0.25) is 0 Å². The van der Waals surface area contributed by atoms with Gasteiger partial charge in [0.2, 0.25) is 0 Å². The molecule has 0 aromatic heterocycles. The molecule has 2 N–H and O–H groups in total. The van der Waals surface area contributed by atoms with E-state index < -0.39 is 0 Å². The van der Waals surface area contributed by atoms with Gasteiger partial charge in [-0.15, -0.1) is 0 Å². The molecule has 1 aliphatic rings. The molecule has 1 aromatic carbocycles. The maximum Gasteiger partial charge on any atom is 0.0588 e. The van der Waals surface area contributed by atoms with E-state index in [0.717, 1.165) is 11.4 Å². The summed E-state index contributed by atoms with van der Waals surface area (Å²) in [6.07, 6.45) is 1.32. The number of nitrogens with two attached hydrogens (primary N) is 1. The highest BCUT2D eigenvalue weighted by molar-refractivity contribution is 7.78. The molecule has 1 saturated heterocycles. The summed E-state index contributed by atoms with van der Waals surface area (Å²) in [5, 5.41) is 0. The van der Waals surface area contributed by atoms with Crippen molar-refractivity contribution in [2.24, 2.45) is 5.73 Å². The van der Waals surface area contributed by atoms with Crippen LogP contribution in [0, 0.1) is 0 Å². The van der Waals surface area contributed by atoms with E-state index in [0.29, 0.717) is 0 Å². The van der Waals surface area contributed by atoms with Crippen LogP contribution in [0.15, 0.2) is 30.3 Å². The van der Waals surface area contributed by atoms with Crippen molar-refractivity contribution in [3.63, 3.8) is 0 Å². The minimum absolute atomic E-state index is 0.774. The van der Waals surface area contributed by atoms with Gasteiger partial charge in [0.05, 0.1) is 5.49 Å². The van der Waals surface area contributed by atoms with Gasteiger partial charge in [-0.05, 0) is 31.5 Å². The van der Waals surface area contributed by atoms with E-state index in [4.69, 9.17) is 0 Å². The fourth-order valence-electron chi connectivity index (χ4n) is 1.93. The molecule has 0 saturated carbocycles. The third-order valence-corrected chi connectivity index (χ3v) is 2.66. The zero-order valence-electron chi connectivity index (χ0n) is 9.10. The van der Waals surface area contributed by atoms with Crippen molar-refractivity contribution in [2.45, 2.75) is 12.3 Å². The molecular formula is C12H18N2S. The third kappa shape index (κ3) is 3.98. The van der Waals surface area contributed by atoms with E-state index >= 15 is 0 Å². The second kappa shape index (κ2) is 6.53. The highest BCUT2D eigenvalue weighted by Crippen LogP contribution is 2.25. The summed E-state index contributed by atoms with van der Waals surface area (Å²) >= 11 is 4.05. The predicted octanol–water partition coefficient (Wildman–Crippen LogP) is 2.01. The van der Waals surface area contributed by atoms with Crippen LogP contribution < -0.4 is 5.73 Å². The summed E-state index contributed by atoms with van der Waals surface area (Å²) < 4.78 is 0. The number of benzene rings is 1. The molecule has 0 spiro atoms. The Bertz CT molecular complexity index is 287. The quantitative estimate of drug-likeness (QED) is 0.737. The van der Waals surface area contributed by atoms with E-state index in [9.17, 15) is 0 Å². The first kappa shape index (κ1) is 12.1. The van der Waals surface area contributed by atoms with Crippen LogP contribution in [-0.2, 0) is 0 Å². The molecule has 1 heterocycles. The van der Waals surface area contributed by atoms with Gasteiger partial charge < -0.3 is 10.6 Å². The first-order chi connectivity index (χ1) is 7.27. The fourth-order valence-corrected chi connectivity index (χ4v) is 1.93. The molecule has 0 bridgehead atoms. The lowest BCUT2D eigenvalue weighted by Gasteiger charge is -2.09. The average molecular weight is 222 g/mol. The van der Waals surface area contributed by atoms with Crippen molar-refractivity contribution in [3.05, 3.63) is 35.9 Å². The van der Waals surface area contributed by atoms with Gasteiger partial charge in [-0.2, -0.15) is 0 Å². The van der Waals surface area contributed by atoms with Gasteiger partial charge in [0.1, 0.15) is 0 Å². The maximum atomic E-state index is 4.54. The van der Waals surface area contributed by atoms with E-state index in [1.54, 1.807) is 0 Å². The molecule has 82 valence electrons. The van der Waals surface area contributed by atoms with Crippen LogP contribution in [0.1, 0.15) is 17.9 Å². The number of thiocarbonyl (C=S) groups is 1. The molecule has 1 atom stereocenters. The summed E-state index contributed by atoms with van der Waals surface area (Å²) in [4.78, 5) is 2.40. The van der Waals surface area contributed by atoms with E-state index in [1.165, 1.54) is 25.1 Å². The fraction of sp³-hybridized carbons (Fsp3) is 0.417. The molecule has 0 amide bonds. The van der Waals surface area contributed by atoms with E-state index in [1.807, 2.05) is 0 Å². The Kier molecular flexibility index (Phi) is 5.29. The largest absolute Gasteiger partial charge is 0.396 e. The smallest absolute Gasteiger partial charge is 0.0588 e. The Balaban J connectivity index is 0.000000337. The molecule has 15 heavy (non-hydrogen) atoms. The minimum Gasteiger partial charge on any atom is -0.396 e. The number of rotatable bonds is 1. The van der Waals surface area contributed by atoms with Crippen LogP contribution in [0.4, 0.5) is 0 Å². The Labute approximate surface area is 97.1 Å². The molecule has 1 aromatic rings. The maximum absolute atomic E-state index is 4.54. The van der Waals surface area contributed by atoms with Crippen molar-refractivity contribution >= 4 is 17.7 Å². The van der Waals surface area contributed by atoms with Gasteiger partial charge >= 0.3 is 0 Å². The molecule has 1 aliphatic heterocycles. The summed E-state index contributed by atoms with van der Waals surface area (Å²) in [6.45, 7) is 2.48. The van der Waals surface area contributed by atoms with Crippen LogP contribution in [0.25, 0.3) is 0 Å². The van der Waals surface area contributed by atoms with Crippen LogP contribution in [0.2, 0.25) is 0 Å². The SMILES string of the molecule is CN1CCC(c2ccccc2)C1.NC=S. The molecule has 3 heteroatoms. The standard InChI is InChI=1S/C11H15N.CH3NS/c1-12-8-7-11(9-12)10-5-3-2-4-6-10;2-1-3/h2-6,11H,7-9H2,1H3;1H,(H2,2,3). The summed E-state index contributed by atoms with van der Waals surface area (Å²) in [5.41, 5.74) is 7.12. The predicted molar refractivity (Wildman–Crippen MR) is 69.1 cm³/mol. The van der Waals surface area contributed by atoms with Crippen LogP contribution in [0.5, 0.6) is 0 Å². The van der Waals surface area contributed by atoms with E-state index in [-0.39, 0.29) is 0 Å². The van der Waals surface area contributed by atoms with Crippen molar-refractivity contribution in [1.29, 1.82) is 0 Å². The zero-order valence-corrected chi connectivity index (χ0v) is 9.91. The molecule has 0 radical (unpaired) electrons. The highest BCUT2D eigenvalue weighted by Gasteiger charge is 2.20. The second-order valence-electron chi connectivity index (χ2n) is 3.79. The molecule has 2 nitrogen and oxygen atoms in total. The first-order valence-corrected chi connectivity index (χ1v) is 5.64. The summed E-state index contributed by atoms with van der Waals surface area (Å²) in [5.74, 6) is 0.774. The van der Waals surface area contributed by atoms with E-state index in [2.05, 4.69) is 60.2 Å². The number of hydrogen-bond donors (Lipinski definition) is 1. The lowest BCUT2D eigenvalue weighted by molar-refractivity contribution is 0.411. The molecule has 1 fully saturated rings. The number of hydrogen-bond acceptors (Lipinski definition) is 2. The van der Waals surface area contributed by atoms with Crippen molar-refractivity contribution in [1.82, 2.24) is 4.90 Å². The summed E-state index contributed by atoms with van der Waals surface area (Å²) in [6, 6.07) is 10.8. The highest BCUT2D eigenvalue weighted by atomic mass is 32.1. The molecule has 1 unspecified atom stereocenters. The Morgan fingerprint density at radius 1 is 1.40 bits per heavy atom. The normalized spacial score (nSPS) is 20.5. The first-order valence-electron chi connectivity index (χ1n) is 5.16. The average Bonchev–Trinajstić information content (AvgIpc) is 2.67. The molecule has 2 rings (SSSR count). The van der Waals surface area contributed by atoms with Gasteiger partial charge in [0.25, 0.3) is 0 Å². The van der Waals surface area contributed by atoms with Gasteiger partial charge in [0.15, 0.2) is 0 Å². The monoisotopic (exact) mass is 222 g/mol. The van der Waals surface area contributed by atoms with Crippen molar-refractivity contribution in [2.75, 3.05) is 20.1 Å². The van der Waals surface area contributed by atoms with Crippen molar-refractivity contribution in [3.8, 4) is 0 Å². The number of nitrogens with zero attached hydrogens (tertiary/aromatic N) is 1. The zero-order chi connectivity index (χ0) is 11.1. The van der Waals surface area contributed by atoms with Gasteiger partial charge in [-0.1, -0.05) is 42.5 Å². The Morgan fingerprint density at radius 2 is 2.00 bits per heavy atom. The van der Waals surface area contributed by atoms with Crippen molar-refractivity contribution < 1.29 is 0 Å². The summed E-state index contributed by atoms with van der Waals surface area (Å²) in [7, 11) is 2.20. The lowest BCUT2D eigenvalue weighted by Crippen LogP contribution is -2.13. The number of likely N-dealkylation sites (N-methyl/N-ethyl adjacent to an activating group) is 1. The van der Waals surface area contributed by atoms with Crippen LogP contribution >= 0.6 is 12.2 Å². The van der Waals surface area contributed by atoms with Gasteiger partial charge in [-0.25, -0.2) is 0 Å². The van der Waals surface area contributed by atoms with Gasteiger partial charge in [0, 0.05) is 6.54 Å². The molecular weight excluding hydrogens is 204 g/mol. The second-order valence-corrected chi connectivity index (χ2v) is 4.07. The topological polar surface area (TPSA) is 29.3 Å².